The molecule has 3 aliphatic heterocycles. The Morgan fingerprint density at radius 1 is 1.07 bits per heavy atom. The third-order valence-electron chi connectivity index (χ3n) is 9.37. The van der Waals surface area contributed by atoms with Gasteiger partial charge in [-0.25, -0.2) is 4.68 Å². The fourth-order valence-corrected chi connectivity index (χ4v) is 6.86. The van der Waals surface area contributed by atoms with E-state index in [1.54, 1.807) is 11.0 Å². The summed E-state index contributed by atoms with van der Waals surface area (Å²) in [6.07, 6.45) is 7.95. The maximum atomic E-state index is 13.4. The van der Waals surface area contributed by atoms with Gasteiger partial charge < -0.3 is 4.90 Å². The van der Waals surface area contributed by atoms with Gasteiger partial charge in [0.2, 0.25) is 17.7 Å². The van der Waals surface area contributed by atoms with Crippen molar-refractivity contribution in [3.05, 3.63) is 53.3 Å². The van der Waals surface area contributed by atoms with E-state index >= 15 is 0 Å². The average Bonchev–Trinajstić information content (AvgIpc) is 3.52. The molecule has 0 bridgehead atoms. The molecule has 40 heavy (non-hydrogen) atoms. The van der Waals surface area contributed by atoms with Crippen LogP contribution in [0, 0.1) is 5.41 Å². The molecule has 1 atom stereocenters. The number of benzene rings is 2. The number of hydrogen-bond donors (Lipinski definition) is 1. The van der Waals surface area contributed by atoms with Crippen molar-refractivity contribution in [3.8, 4) is 0 Å². The topological polar surface area (TPSA) is 118 Å². The van der Waals surface area contributed by atoms with Gasteiger partial charge in [-0.3, -0.25) is 29.4 Å². The molecule has 1 unspecified atom stereocenters. The average molecular weight is 541 g/mol. The summed E-state index contributed by atoms with van der Waals surface area (Å²) in [6.45, 7) is 3.60. The molecule has 10 nitrogen and oxygen atoms in total. The molecule has 4 aliphatic rings. The summed E-state index contributed by atoms with van der Waals surface area (Å²) in [4.78, 5) is 54.1. The monoisotopic (exact) mass is 540 g/mol. The Balaban J connectivity index is 1.09. The Hall–Kier alpha value is -4.08. The van der Waals surface area contributed by atoms with Gasteiger partial charge >= 0.3 is 0 Å². The highest BCUT2D eigenvalue weighted by molar-refractivity contribution is 6.27. The fourth-order valence-electron chi connectivity index (χ4n) is 6.86. The number of nitrogens with zero attached hydrogens (tertiary/aromatic N) is 5. The molecule has 0 spiro atoms. The van der Waals surface area contributed by atoms with Gasteiger partial charge in [0.1, 0.15) is 6.04 Å². The molecule has 7 rings (SSSR count). The van der Waals surface area contributed by atoms with E-state index in [2.05, 4.69) is 22.6 Å². The van der Waals surface area contributed by atoms with Crippen LogP contribution >= 0.6 is 0 Å². The second-order valence-corrected chi connectivity index (χ2v) is 11.9. The number of nitrogens with one attached hydrogen (secondary N) is 1. The molecule has 1 N–H and O–H groups in total. The first-order chi connectivity index (χ1) is 19.3. The van der Waals surface area contributed by atoms with Gasteiger partial charge in [0.25, 0.3) is 5.91 Å². The number of likely N-dealkylation sites (tertiary alicyclic amines) is 1. The minimum absolute atomic E-state index is 0.156. The van der Waals surface area contributed by atoms with Gasteiger partial charge in [0.15, 0.2) is 0 Å². The predicted molar refractivity (Wildman–Crippen MR) is 147 cm³/mol. The molecule has 3 aromatic rings. The lowest BCUT2D eigenvalue weighted by Crippen LogP contribution is -2.53. The van der Waals surface area contributed by atoms with Crippen LogP contribution in [0.15, 0.2) is 36.5 Å². The molecular weight excluding hydrogens is 508 g/mol. The lowest BCUT2D eigenvalue weighted by atomic mass is 9.69. The van der Waals surface area contributed by atoms with Crippen molar-refractivity contribution in [1.82, 2.24) is 25.2 Å². The number of carbonyl (C=O) groups excluding carboxylic acids is 4. The summed E-state index contributed by atoms with van der Waals surface area (Å²) in [5.74, 6) is -0.646. The molecule has 1 saturated carbocycles. The van der Waals surface area contributed by atoms with Crippen LogP contribution in [-0.2, 0) is 20.8 Å². The smallest absolute Gasteiger partial charge is 0.259 e. The quantitative estimate of drug-likeness (QED) is 0.497. The maximum Gasteiger partial charge on any atom is 0.259 e. The van der Waals surface area contributed by atoms with E-state index in [4.69, 9.17) is 0 Å². The molecule has 2 aromatic carbocycles. The van der Waals surface area contributed by atoms with Gasteiger partial charge in [-0.2, -0.15) is 0 Å². The van der Waals surface area contributed by atoms with E-state index in [1.165, 1.54) is 0 Å². The Morgan fingerprint density at radius 2 is 1.88 bits per heavy atom. The molecule has 10 heteroatoms. The number of imide groups is 1. The first-order valence-electron chi connectivity index (χ1n) is 14.2. The number of aromatic nitrogens is 3. The van der Waals surface area contributed by atoms with Gasteiger partial charge in [-0.05, 0) is 55.2 Å². The van der Waals surface area contributed by atoms with Gasteiger partial charge in [0.05, 0.1) is 17.4 Å². The molecule has 4 heterocycles. The highest BCUT2D eigenvalue weighted by atomic mass is 16.2. The zero-order valence-corrected chi connectivity index (χ0v) is 22.6. The van der Waals surface area contributed by atoms with Crippen LogP contribution in [0.4, 0.5) is 5.69 Å². The summed E-state index contributed by atoms with van der Waals surface area (Å²) >= 11 is 0. The lowest BCUT2D eigenvalue weighted by molar-refractivity contribution is -0.147. The van der Waals surface area contributed by atoms with Crippen LogP contribution in [0.1, 0.15) is 79.5 Å². The lowest BCUT2D eigenvalue weighted by Gasteiger charge is -2.43. The van der Waals surface area contributed by atoms with Crippen LogP contribution in [0.2, 0.25) is 0 Å². The SMILES string of the molecule is CC1(C(=O)N2CCC(n3cc(Cc4ccc5c6c(cccc46)C(=O)N5C4CCC(=O)NC4=O)nn3)CC2)CCC1. The molecule has 0 radical (unpaired) electrons. The van der Waals surface area contributed by atoms with Crippen LogP contribution in [0.3, 0.4) is 0 Å². The maximum absolute atomic E-state index is 13.4. The van der Waals surface area contributed by atoms with Crippen molar-refractivity contribution >= 4 is 40.1 Å². The number of piperidine rings is 2. The molecule has 4 amide bonds. The minimum atomic E-state index is -0.704. The molecule has 206 valence electrons. The molecule has 1 aliphatic carbocycles. The molecule has 1 aromatic heterocycles. The fraction of sp³-hybridized carbons (Fsp3) is 0.467. The van der Waals surface area contributed by atoms with Crippen LogP contribution in [0.25, 0.3) is 10.8 Å². The minimum Gasteiger partial charge on any atom is -0.342 e. The zero-order valence-electron chi connectivity index (χ0n) is 22.6. The van der Waals surface area contributed by atoms with Crippen molar-refractivity contribution in [1.29, 1.82) is 0 Å². The molecule has 3 fully saturated rings. The second-order valence-electron chi connectivity index (χ2n) is 11.9. The second kappa shape index (κ2) is 9.25. The Morgan fingerprint density at radius 3 is 2.60 bits per heavy atom. The van der Waals surface area contributed by atoms with Crippen molar-refractivity contribution in [3.63, 3.8) is 0 Å². The van der Waals surface area contributed by atoms with E-state index in [-0.39, 0.29) is 29.7 Å². The molecular formula is C30H32N6O4. The van der Waals surface area contributed by atoms with Gasteiger partial charge in [-0.15, -0.1) is 5.10 Å². The van der Waals surface area contributed by atoms with Gasteiger partial charge in [-0.1, -0.05) is 36.8 Å². The number of rotatable bonds is 5. The van der Waals surface area contributed by atoms with E-state index in [9.17, 15) is 19.2 Å². The number of anilines is 1. The Bertz CT molecular complexity index is 1570. The standard InChI is InChI=1S/C30H32N6O4/c1-30(12-3-13-30)29(40)34-14-10-20(11-15-34)35-17-19(32-33-35)16-18-6-7-23-26-21(18)4-2-5-22(26)28(39)36(23)24-8-9-25(37)31-27(24)38/h2,4-7,17,20,24H,3,8-16H2,1H3,(H,31,37,38). The third-order valence-corrected chi connectivity index (χ3v) is 9.37. The van der Waals surface area contributed by atoms with E-state index in [0.29, 0.717) is 30.0 Å². The first kappa shape index (κ1) is 24.9. The van der Waals surface area contributed by atoms with Crippen molar-refractivity contribution < 1.29 is 19.2 Å². The van der Waals surface area contributed by atoms with Gasteiger partial charge in [0, 0.05) is 48.5 Å². The van der Waals surface area contributed by atoms with Crippen molar-refractivity contribution in [2.75, 3.05) is 18.0 Å². The summed E-state index contributed by atoms with van der Waals surface area (Å²) < 4.78 is 1.94. The van der Waals surface area contributed by atoms with Crippen molar-refractivity contribution in [2.24, 2.45) is 5.41 Å². The predicted octanol–water partition coefficient (Wildman–Crippen LogP) is 3.14. The highest BCUT2D eigenvalue weighted by Crippen LogP contribution is 2.43. The van der Waals surface area contributed by atoms with E-state index in [1.807, 2.05) is 40.0 Å². The number of amides is 4. The Labute approximate surface area is 231 Å². The first-order valence-corrected chi connectivity index (χ1v) is 14.2. The summed E-state index contributed by atoms with van der Waals surface area (Å²) in [5.41, 5.74) is 2.98. The zero-order chi connectivity index (χ0) is 27.6. The van der Waals surface area contributed by atoms with Crippen LogP contribution in [0.5, 0.6) is 0 Å². The largest absolute Gasteiger partial charge is 0.342 e. The molecule has 2 saturated heterocycles. The summed E-state index contributed by atoms with van der Waals surface area (Å²) in [7, 11) is 0. The summed E-state index contributed by atoms with van der Waals surface area (Å²) in [6, 6.07) is 9.06. The highest BCUT2D eigenvalue weighted by Gasteiger charge is 2.43. The normalized spacial score (nSPS) is 22.5. The third kappa shape index (κ3) is 3.91. The van der Waals surface area contributed by atoms with E-state index < -0.39 is 11.9 Å². The number of hydrogen-bond acceptors (Lipinski definition) is 6. The van der Waals surface area contributed by atoms with Crippen molar-refractivity contribution in [2.45, 2.75) is 70.4 Å². The van der Waals surface area contributed by atoms with Crippen LogP contribution < -0.4 is 10.2 Å². The van der Waals surface area contributed by atoms with Crippen LogP contribution in [-0.4, -0.2) is 62.7 Å². The number of carbonyl (C=O) groups is 4. The Kier molecular flexibility index (Phi) is 5.76. The summed E-state index contributed by atoms with van der Waals surface area (Å²) in [5, 5.41) is 13.0. The van der Waals surface area contributed by atoms with E-state index in [0.717, 1.165) is 67.2 Å².